The Morgan fingerprint density at radius 2 is 2.08 bits per heavy atom. The predicted molar refractivity (Wildman–Crippen MR) is 94.3 cm³/mol. The molecule has 1 aromatic carbocycles. The van der Waals surface area contributed by atoms with E-state index >= 15 is 0 Å². The average molecular weight is 346 g/mol. The number of carbonyl (C=O) groups excluding carboxylic acids is 1. The Morgan fingerprint density at radius 3 is 2.72 bits per heavy atom. The van der Waals surface area contributed by atoms with E-state index < -0.39 is 18.1 Å². The normalized spacial score (nSPS) is 18.5. The largest absolute Gasteiger partial charge is 0.484 e. The highest BCUT2D eigenvalue weighted by molar-refractivity contribution is 5.90. The van der Waals surface area contributed by atoms with Crippen molar-refractivity contribution < 1.29 is 19.2 Å². The molecule has 1 aliphatic rings. The van der Waals surface area contributed by atoms with Crippen molar-refractivity contribution in [2.45, 2.75) is 37.8 Å². The minimum Gasteiger partial charge on any atom is -0.484 e. The monoisotopic (exact) mass is 346 g/mol. The molecule has 0 aliphatic carbocycles. The summed E-state index contributed by atoms with van der Waals surface area (Å²) in [5.74, 6) is 0.0342. The number of benzene rings is 1. The average Bonchev–Trinajstić information content (AvgIpc) is 2.86. The topological polar surface area (TPSA) is 91.0 Å². The lowest BCUT2D eigenvalue weighted by atomic mass is 9.92. The van der Waals surface area contributed by atoms with Gasteiger partial charge in [-0.25, -0.2) is 9.79 Å². The van der Waals surface area contributed by atoms with E-state index in [0.29, 0.717) is 35.4 Å². The van der Waals surface area contributed by atoms with Gasteiger partial charge >= 0.3 is 5.97 Å². The van der Waals surface area contributed by atoms with Gasteiger partial charge in [0.2, 0.25) is 0 Å². The maximum Gasteiger partial charge on any atom is 0.337 e. The molecular weight excluding hydrogens is 324 g/mol. The molecule has 2 unspecified atom stereocenters. The first-order valence-corrected chi connectivity index (χ1v) is 8.09. The van der Waals surface area contributed by atoms with Crippen LogP contribution in [0.2, 0.25) is 0 Å². The first kappa shape index (κ1) is 18.6. The Balaban J connectivity index is 2.35. The van der Waals surface area contributed by atoms with E-state index in [0.717, 1.165) is 12.8 Å². The summed E-state index contributed by atoms with van der Waals surface area (Å²) in [5, 5.41) is 11.7. The van der Waals surface area contributed by atoms with Gasteiger partial charge in [0.1, 0.15) is 6.04 Å². The van der Waals surface area contributed by atoms with Gasteiger partial charge in [0, 0.05) is 16.9 Å². The summed E-state index contributed by atoms with van der Waals surface area (Å²) in [6, 6.07) is 4.89. The van der Waals surface area contributed by atoms with Gasteiger partial charge in [-0.1, -0.05) is 25.1 Å². The predicted octanol–water partition coefficient (Wildman–Crippen LogP) is 3.12. The number of rotatable bonds is 5. The van der Waals surface area contributed by atoms with E-state index in [1.165, 1.54) is 14.2 Å². The van der Waals surface area contributed by atoms with Crippen molar-refractivity contribution in [3.8, 4) is 0 Å². The summed E-state index contributed by atoms with van der Waals surface area (Å²) in [5.41, 5.74) is 1.18. The van der Waals surface area contributed by atoms with Gasteiger partial charge in [-0.15, -0.1) is 0 Å². The third kappa shape index (κ3) is 4.43. The number of esters is 1. The van der Waals surface area contributed by atoms with Gasteiger partial charge in [0.25, 0.3) is 6.04 Å². The summed E-state index contributed by atoms with van der Waals surface area (Å²) in [6.07, 6.45) is 2.99. The molecule has 7 heteroatoms. The second kappa shape index (κ2) is 8.41. The van der Waals surface area contributed by atoms with Crippen molar-refractivity contribution in [2.75, 3.05) is 14.2 Å². The number of nitrogens with zero attached hydrogens (tertiary/aromatic N) is 2. The highest BCUT2D eigenvalue weighted by Gasteiger charge is 2.36. The Kier molecular flexibility index (Phi) is 6.27. The second-order valence-electron chi connectivity index (χ2n) is 5.87. The van der Waals surface area contributed by atoms with Crippen LogP contribution in [0.25, 0.3) is 5.57 Å². The van der Waals surface area contributed by atoms with Crippen LogP contribution >= 0.6 is 0 Å². The fourth-order valence-electron chi connectivity index (χ4n) is 2.96. The molecule has 0 spiro atoms. The first-order valence-electron chi connectivity index (χ1n) is 8.09. The molecule has 25 heavy (non-hydrogen) atoms. The molecule has 0 radical (unpaired) electrons. The molecule has 0 aromatic heterocycles. The quantitative estimate of drug-likeness (QED) is 0.464. The maximum atomic E-state index is 11.7. The lowest BCUT2D eigenvalue weighted by Crippen LogP contribution is -2.34. The molecule has 1 aromatic rings. The van der Waals surface area contributed by atoms with E-state index in [1.807, 2.05) is 0 Å². The van der Waals surface area contributed by atoms with Crippen molar-refractivity contribution in [2.24, 2.45) is 4.99 Å². The highest BCUT2D eigenvalue weighted by Crippen LogP contribution is 2.28. The number of hydrogen-bond donors (Lipinski definition) is 0. The fourth-order valence-corrected chi connectivity index (χ4v) is 2.96. The Labute approximate surface area is 146 Å². The van der Waals surface area contributed by atoms with Crippen LogP contribution in [0, 0.1) is 10.1 Å². The molecule has 0 saturated carbocycles. The van der Waals surface area contributed by atoms with Crippen LogP contribution in [-0.2, 0) is 9.47 Å². The smallest absolute Gasteiger partial charge is 0.337 e. The molecule has 0 amide bonds. The summed E-state index contributed by atoms with van der Waals surface area (Å²) in [6.45, 7) is 3.93. The zero-order valence-electron chi connectivity index (χ0n) is 14.4. The van der Waals surface area contributed by atoms with Crippen molar-refractivity contribution in [3.63, 3.8) is 0 Å². The molecule has 134 valence electrons. The minimum atomic E-state index is -1.07. The standard InChI is InChI=1S/C18H22N2O5/c1-12(13-7-6-8-14(11-13)18(21)25-3)17(20(22)23)15-9-4-5-10-16(19-15)24-2/h6-8,11,15,17H,1,4-5,9-10H2,2-3H3. The van der Waals surface area contributed by atoms with Crippen LogP contribution in [0.4, 0.5) is 0 Å². The van der Waals surface area contributed by atoms with Crippen LogP contribution in [0.1, 0.15) is 41.6 Å². The summed E-state index contributed by atoms with van der Waals surface area (Å²) < 4.78 is 9.92. The molecule has 0 N–H and O–H groups in total. The minimum absolute atomic E-state index is 0.321. The third-order valence-corrected chi connectivity index (χ3v) is 4.29. The lowest BCUT2D eigenvalue weighted by Gasteiger charge is -2.19. The van der Waals surface area contributed by atoms with E-state index in [-0.39, 0.29) is 4.92 Å². The van der Waals surface area contributed by atoms with Crippen LogP contribution in [-0.4, -0.2) is 43.1 Å². The maximum absolute atomic E-state index is 11.7. The molecule has 2 atom stereocenters. The van der Waals surface area contributed by atoms with Crippen LogP contribution in [0.15, 0.2) is 35.8 Å². The Hall–Kier alpha value is -2.70. The van der Waals surface area contributed by atoms with Gasteiger partial charge in [-0.3, -0.25) is 10.1 Å². The summed E-state index contributed by atoms with van der Waals surface area (Å²) >= 11 is 0. The number of hydrogen-bond acceptors (Lipinski definition) is 6. The molecule has 0 saturated heterocycles. The number of aliphatic imine (C=N–C) groups is 1. The first-order chi connectivity index (χ1) is 12.0. The van der Waals surface area contributed by atoms with Crippen molar-refractivity contribution in [3.05, 3.63) is 52.1 Å². The van der Waals surface area contributed by atoms with Crippen LogP contribution < -0.4 is 0 Å². The molecule has 0 fully saturated rings. The van der Waals surface area contributed by atoms with E-state index in [4.69, 9.17) is 9.47 Å². The van der Waals surface area contributed by atoms with Crippen molar-refractivity contribution in [1.82, 2.24) is 0 Å². The zero-order chi connectivity index (χ0) is 18.4. The molecule has 7 nitrogen and oxygen atoms in total. The summed E-state index contributed by atoms with van der Waals surface area (Å²) in [4.78, 5) is 27.5. The number of methoxy groups -OCH3 is 2. The van der Waals surface area contributed by atoms with Crippen LogP contribution in [0.5, 0.6) is 0 Å². The van der Waals surface area contributed by atoms with Gasteiger partial charge in [-0.05, 0) is 30.5 Å². The molecular formula is C18H22N2O5. The third-order valence-electron chi connectivity index (χ3n) is 4.29. The van der Waals surface area contributed by atoms with Crippen molar-refractivity contribution >= 4 is 17.4 Å². The number of ether oxygens (including phenoxy) is 2. The van der Waals surface area contributed by atoms with Gasteiger partial charge in [-0.2, -0.15) is 0 Å². The Bertz CT molecular complexity index is 698. The molecule has 2 rings (SSSR count). The lowest BCUT2D eigenvalue weighted by molar-refractivity contribution is -0.509. The SMILES string of the molecule is C=C(c1cccc(C(=O)OC)c1)C(C1CCCCC(OC)=N1)[N+](=O)[O-]. The zero-order valence-corrected chi connectivity index (χ0v) is 14.4. The number of nitro groups is 1. The number of carbonyl (C=O) groups is 1. The van der Waals surface area contributed by atoms with Gasteiger partial charge in [0.05, 0.1) is 19.8 Å². The Morgan fingerprint density at radius 1 is 1.36 bits per heavy atom. The molecule has 0 bridgehead atoms. The van der Waals surface area contributed by atoms with E-state index in [1.54, 1.807) is 24.3 Å². The van der Waals surface area contributed by atoms with Crippen LogP contribution in [0.3, 0.4) is 0 Å². The van der Waals surface area contributed by atoms with Gasteiger partial charge < -0.3 is 9.47 Å². The summed E-state index contributed by atoms with van der Waals surface area (Å²) in [7, 11) is 2.81. The second-order valence-corrected chi connectivity index (χ2v) is 5.87. The van der Waals surface area contributed by atoms with Crippen molar-refractivity contribution in [1.29, 1.82) is 0 Å². The van der Waals surface area contributed by atoms with E-state index in [2.05, 4.69) is 11.6 Å². The fraction of sp³-hybridized carbons (Fsp3) is 0.444. The molecule has 1 aliphatic heterocycles. The highest BCUT2D eigenvalue weighted by atomic mass is 16.6. The van der Waals surface area contributed by atoms with E-state index in [9.17, 15) is 14.9 Å². The van der Waals surface area contributed by atoms with Gasteiger partial charge in [0.15, 0.2) is 5.90 Å². The molecule has 1 heterocycles.